The third-order valence-electron chi connectivity index (χ3n) is 6.86. The smallest absolute Gasteiger partial charge is 0.276 e. The van der Waals surface area contributed by atoms with Crippen LogP contribution in [0.2, 0.25) is 5.02 Å². The molecule has 1 fully saturated rings. The number of aromatic nitrogens is 2. The van der Waals surface area contributed by atoms with E-state index in [1.54, 1.807) is 10.7 Å². The maximum absolute atomic E-state index is 13.0. The van der Waals surface area contributed by atoms with Gasteiger partial charge in [0.2, 0.25) is 0 Å². The van der Waals surface area contributed by atoms with Gasteiger partial charge in [-0.2, -0.15) is 5.10 Å². The first-order valence-corrected chi connectivity index (χ1v) is 13.5. The Labute approximate surface area is 229 Å². The van der Waals surface area contributed by atoms with E-state index >= 15 is 0 Å². The summed E-state index contributed by atoms with van der Waals surface area (Å²) in [6, 6.07) is 25.5. The van der Waals surface area contributed by atoms with E-state index in [1.165, 1.54) is 24.8 Å². The van der Waals surface area contributed by atoms with Gasteiger partial charge in [-0.25, -0.2) is 0 Å². The predicted octanol–water partition coefficient (Wildman–Crippen LogP) is 6.71. The van der Waals surface area contributed by atoms with E-state index in [2.05, 4.69) is 27.4 Å². The van der Waals surface area contributed by atoms with Crippen LogP contribution >= 0.6 is 11.6 Å². The maximum atomic E-state index is 13.0. The average Bonchev–Trinajstić information content (AvgIpc) is 3.30. The minimum atomic E-state index is -0.234. The molecule has 1 N–H and O–H groups in total. The van der Waals surface area contributed by atoms with Crippen LogP contribution in [0.1, 0.15) is 52.1 Å². The van der Waals surface area contributed by atoms with E-state index in [9.17, 15) is 4.79 Å². The van der Waals surface area contributed by atoms with Crippen molar-refractivity contribution in [2.75, 3.05) is 18.4 Å². The van der Waals surface area contributed by atoms with E-state index < -0.39 is 0 Å². The average molecular weight is 529 g/mol. The number of piperidine rings is 1. The third-order valence-corrected chi connectivity index (χ3v) is 7.10. The maximum Gasteiger partial charge on any atom is 0.276 e. The molecule has 0 radical (unpaired) electrons. The van der Waals surface area contributed by atoms with Gasteiger partial charge in [0, 0.05) is 28.5 Å². The van der Waals surface area contributed by atoms with Crippen LogP contribution in [0.3, 0.4) is 0 Å². The van der Waals surface area contributed by atoms with Crippen molar-refractivity contribution in [2.24, 2.45) is 0 Å². The lowest BCUT2D eigenvalue weighted by atomic mass is 10.1. The molecule has 2 heterocycles. The Bertz CT molecular complexity index is 1360. The molecule has 1 aliphatic heterocycles. The van der Waals surface area contributed by atoms with E-state index in [0.717, 1.165) is 47.9 Å². The summed E-state index contributed by atoms with van der Waals surface area (Å²) in [4.78, 5) is 15.5. The van der Waals surface area contributed by atoms with Gasteiger partial charge in [-0.1, -0.05) is 60.5 Å². The van der Waals surface area contributed by atoms with Crippen molar-refractivity contribution in [1.29, 1.82) is 0 Å². The number of carbonyl (C=O) groups is 1. The van der Waals surface area contributed by atoms with Crippen LogP contribution in [0.4, 0.5) is 5.69 Å². The highest BCUT2D eigenvalue weighted by Crippen LogP contribution is 2.25. The zero-order valence-electron chi connectivity index (χ0n) is 21.7. The normalized spacial score (nSPS) is 13.8. The molecule has 5 rings (SSSR count). The van der Waals surface area contributed by atoms with Gasteiger partial charge in [-0.05, 0) is 80.4 Å². The lowest BCUT2D eigenvalue weighted by molar-refractivity contribution is 0.102. The summed E-state index contributed by atoms with van der Waals surface area (Å²) in [6.07, 6.45) is 3.89. The Morgan fingerprint density at radius 3 is 2.45 bits per heavy atom. The number of halogens is 1. The SMILES string of the molecule is Cc1cc(C(=O)Nc2ccc(CN3CCCCC3)cc2)nn1Cc1cc(Cl)ccc1OCc1ccccc1. The quantitative estimate of drug-likeness (QED) is 0.262. The standard InChI is InChI=1S/C31H33ClN4O2/c1-23-18-29(31(37)33-28-13-10-24(11-14-28)20-35-16-6-3-7-17-35)34-36(23)21-26-19-27(32)12-15-30(26)38-22-25-8-4-2-5-9-25/h2,4-5,8-15,18-19H,3,6-7,16-17,20-22H2,1H3,(H,33,37). The Morgan fingerprint density at radius 1 is 0.921 bits per heavy atom. The molecule has 0 aliphatic carbocycles. The van der Waals surface area contributed by atoms with Gasteiger partial charge in [-0.15, -0.1) is 0 Å². The fourth-order valence-corrected chi connectivity index (χ4v) is 4.95. The first kappa shape index (κ1) is 26.0. The second-order valence-electron chi connectivity index (χ2n) is 9.84. The van der Waals surface area contributed by atoms with Crippen LogP contribution in [0, 0.1) is 6.92 Å². The summed E-state index contributed by atoms with van der Waals surface area (Å²) >= 11 is 6.30. The largest absolute Gasteiger partial charge is 0.489 e. The first-order valence-electron chi connectivity index (χ1n) is 13.2. The number of anilines is 1. The monoisotopic (exact) mass is 528 g/mol. The summed E-state index contributed by atoms with van der Waals surface area (Å²) in [5, 5.41) is 8.19. The second-order valence-corrected chi connectivity index (χ2v) is 10.3. The number of benzene rings is 3. The molecule has 1 amide bonds. The van der Waals surface area contributed by atoms with Gasteiger partial charge in [0.05, 0.1) is 6.54 Å². The molecule has 3 aromatic carbocycles. The van der Waals surface area contributed by atoms with Crippen LogP contribution in [0.25, 0.3) is 0 Å². The van der Waals surface area contributed by atoms with E-state index in [-0.39, 0.29) is 5.91 Å². The van der Waals surface area contributed by atoms with Crippen molar-refractivity contribution in [3.8, 4) is 5.75 Å². The number of rotatable bonds is 9. The molecule has 38 heavy (non-hydrogen) atoms. The predicted molar refractivity (Wildman–Crippen MR) is 152 cm³/mol. The van der Waals surface area contributed by atoms with Crippen LogP contribution in [0.5, 0.6) is 5.75 Å². The summed E-state index contributed by atoms with van der Waals surface area (Å²) in [7, 11) is 0. The molecule has 0 saturated carbocycles. The summed E-state index contributed by atoms with van der Waals surface area (Å²) in [5.74, 6) is 0.506. The molecule has 6 nitrogen and oxygen atoms in total. The highest BCUT2D eigenvalue weighted by molar-refractivity contribution is 6.30. The zero-order chi connectivity index (χ0) is 26.3. The zero-order valence-corrected chi connectivity index (χ0v) is 22.5. The van der Waals surface area contributed by atoms with Gasteiger partial charge in [0.1, 0.15) is 12.4 Å². The number of hydrogen-bond donors (Lipinski definition) is 1. The van der Waals surface area contributed by atoms with Crippen LogP contribution in [-0.2, 0) is 19.7 Å². The van der Waals surface area contributed by atoms with Gasteiger partial charge >= 0.3 is 0 Å². The van der Waals surface area contributed by atoms with Crippen molar-refractivity contribution in [3.63, 3.8) is 0 Å². The lowest BCUT2D eigenvalue weighted by Crippen LogP contribution is -2.29. The molecule has 0 atom stereocenters. The Hall–Kier alpha value is -3.61. The molecule has 0 unspecified atom stereocenters. The molecule has 196 valence electrons. The van der Waals surface area contributed by atoms with Gasteiger partial charge < -0.3 is 10.1 Å². The number of ether oxygens (including phenoxy) is 1. The van der Waals surface area contributed by atoms with Crippen LogP contribution in [-0.4, -0.2) is 33.7 Å². The molecular weight excluding hydrogens is 496 g/mol. The van der Waals surface area contributed by atoms with Crippen molar-refractivity contribution in [3.05, 3.63) is 112 Å². The van der Waals surface area contributed by atoms with Crippen LogP contribution in [0.15, 0.2) is 78.9 Å². The second kappa shape index (κ2) is 12.3. The molecule has 1 aromatic heterocycles. The number of carbonyl (C=O) groups excluding carboxylic acids is 1. The minimum Gasteiger partial charge on any atom is -0.489 e. The van der Waals surface area contributed by atoms with E-state index in [0.29, 0.717) is 23.9 Å². The molecule has 1 saturated heterocycles. The van der Waals surface area contributed by atoms with Crippen molar-refractivity contribution >= 4 is 23.2 Å². The number of amides is 1. The third kappa shape index (κ3) is 6.82. The summed E-state index contributed by atoms with van der Waals surface area (Å²) < 4.78 is 7.90. The van der Waals surface area contributed by atoms with Gasteiger partial charge in [-0.3, -0.25) is 14.4 Å². The summed E-state index contributed by atoms with van der Waals surface area (Å²) in [6.45, 7) is 6.12. The fourth-order valence-electron chi connectivity index (χ4n) is 4.75. The molecular formula is C31H33ClN4O2. The van der Waals surface area contributed by atoms with Gasteiger partial charge in [0.15, 0.2) is 5.69 Å². The Kier molecular flexibility index (Phi) is 8.41. The Balaban J connectivity index is 1.23. The van der Waals surface area contributed by atoms with Crippen LogP contribution < -0.4 is 10.1 Å². The van der Waals surface area contributed by atoms with Crippen molar-refractivity contribution in [2.45, 2.75) is 45.9 Å². The molecule has 7 heteroatoms. The van der Waals surface area contributed by atoms with Gasteiger partial charge in [0.25, 0.3) is 5.91 Å². The highest BCUT2D eigenvalue weighted by Gasteiger charge is 2.15. The van der Waals surface area contributed by atoms with E-state index in [1.807, 2.05) is 67.6 Å². The topological polar surface area (TPSA) is 59.4 Å². The number of nitrogens with zero attached hydrogens (tertiary/aromatic N) is 3. The number of hydrogen-bond acceptors (Lipinski definition) is 4. The van der Waals surface area contributed by atoms with Crippen molar-refractivity contribution in [1.82, 2.24) is 14.7 Å². The Morgan fingerprint density at radius 2 is 1.68 bits per heavy atom. The summed E-state index contributed by atoms with van der Waals surface area (Å²) in [5.41, 5.74) is 5.25. The number of aryl methyl sites for hydroxylation is 1. The first-order chi connectivity index (χ1) is 18.5. The van der Waals surface area contributed by atoms with E-state index in [4.69, 9.17) is 16.3 Å². The molecule has 1 aliphatic rings. The fraction of sp³-hybridized carbons (Fsp3) is 0.290. The molecule has 4 aromatic rings. The molecule has 0 bridgehead atoms. The lowest BCUT2D eigenvalue weighted by Gasteiger charge is -2.26. The highest BCUT2D eigenvalue weighted by atomic mass is 35.5. The molecule has 0 spiro atoms. The minimum absolute atomic E-state index is 0.234. The number of nitrogens with one attached hydrogen (secondary N) is 1. The van der Waals surface area contributed by atoms with Crippen molar-refractivity contribution < 1.29 is 9.53 Å². The number of likely N-dealkylation sites (tertiary alicyclic amines) is 1.